The van der Waals surface area contributed by atoms with Gasteiger partial charge >= 0.3 is 11.9 Å². The lowest BCUT2D eigenvalue weighted by Crippen LogP contribution is -2.56. The molecule has 0 aromatic rings. The van der Waals surface area contributed by atoms with Crippen molar-refractivity contribution in [2.45, 2.75) is 104 Å². The summed E-state index contributed by atoms with van der Waals surface area (Å²) in [5.74, 6) is 0.698. The van der Waals surface area contributed by atoms with Crippen molar-refractivity contribution >= 4 is 11.9 Å². The van der Waals surface area contributed by atoms with E-state index in [-0.39, 0.29) is 36.0 Å². The van der Waals surface area contributed by atoms with Crippen molar-refractivity contribution in [3.05, 3.63) is 11.6 Å². The molecule has 2 bridgehead atoms. The van der Waals surface area contributed by atoms with Crippen LogP contribution in [0.2, 0.25) is 0 Å². The number of ether oxygens (including phenoxy) is 3. The quantitative estimate of drug-likeness (QED) is 0.496. The largest absolute Gasteiger partial charge is 0.459 e. The van der Waals surface area contributed by atoms with E-state index in [0.717, 1.165) is 32.1 Å². The number of allylic oxidation sites excluding steroid dienone is 1. The van der Waals surface area contributed by atoms with Crippen LogP contribution in [0.25, 0.3) is 0 Å². The molecule has 29 heavy (non-hydrogen) atoms. The molecule has 0 N–H and O–H groups in total. The van der Waals surface area contributed by atoms with Crippen molar-refractivity contribution in [2.24, 2.45) is 23.7 Å². The predicted octanol–water partition coefficient (Wildman–Crippen LogP) is 4.83. The van der Waals surface area contributed by atoms with E-state index in [2.05, 4.69) is 33.8 Å². The van der Waals surface area contributed by atoms with Crippen molar-refractivity contribution in [3.63, 3.8) is 0 Å². The van der Waals surface area contributed by atoms with E-state index in [9.17, 15) is 9.59 Å². The maximum atomic E-state index is 12.0. The van der Waals surface area contributed by atoms with E-state index >= 15 is 0 Å². The van der Waals surface area contributed by atoms with Crippen LogP contribution < -0.4 is 0 Å². The zero-order valence-corrected chi connectivity index (χ0v) is 19.1. The number of fused-ring (bicyclic) bond motifs is 5. The Morgan fingerprint density at radius 1 is 1.10 bits per heavy atom. The number of carbonyl (C=O) groups is 2. The molecular formula is C24H38O5. The van der Waals surface area contributed by atoms with Gasteiger partial charge in [0.2, 0.25) is 0 Å². The number of rotatable bonds is 3. The van der Waals surface area contributed by atoms with Gasteiger partial charge in [-0.3, -0.25) is 9.59 Å². The van der Waals surface area contributed by atoms with Crippen molar-refractivity contribution in [1.29, 1.82) is 0 Å². The molecule has 2 aliphatic heterocycles. The van der Waals surface area contributed by atoms with E-state index in [0.29, 0.717) is 11.8 Å². The third kappa shape index (κ3) is 4.26. The molecule has 2 fully saturated rings. The topological polar surface area (TPSA) is 61.8 Å². The molecule has 3 rings (SSSR count). The summed E-state index contributed by atoms with van der Waals surface area (Å²) >= 11 is 0. The zero-order valence-electron chi connectivity index (χ0n) is 19.1. The monoisotopic (exact) mass is 406 g/mol. The number of hydrogen-bond donors (Lipinski definition) is 0. The van der Waals surface area contributed by atoms with Gasteiger partial charge in [0.15, 0.2) is 0 Å². The molecule has 2 heterocycles. The van der Waals surface area contributed by atoms with Crippen LogP contribution in [0.5, 0.6) is 0 Å². The van der Waals surface area contributed by atoms with Gasteiger partial charge in [-0.1, -0.05) is 25.5 Å². The molecule has 0 aromatic carbocycles. The summed E-state index contributed by atoms with van der Waals surface area (Å²) in [6.07, 6.45) is 6.27. The highest BCUT2D eigenvalue weighted by Crippen LogP contribution is 2.57. The Bertz CT molecular complexity index is 683. The number of hydrogen-bond acceptors (Lipinski definition) is 5. The molecule has 0 unspecified atom stereocenters. The Balaban J connectivity index is 2.11. The minimum Gasteiger partial charge on any atom is -0.459 e. The van der Waals surface area contributed by atoms with E-state index < -0.39 is 11.2 Å². The third-order valence-electron chi connectivity index (χ3n) is 7.53. The normalized spacial score (nSPS) is 44.0. The lowest BCUT2D eigenvalue weighted by atomic mass is 9.57. The van der Waals surface area contributed by atoms with Crippen LogP contribution >= 0.6 is 0 Å². The summed E-state index contributed by atoms with van der Waals surface area (Å²) in [5.41, 5.74) is 0.0442. The van der Waals surface area contributed by atoms with Gasteiger partial charge in [0.05, 0.1) is 6.10 Å². The van der Waals surface area contributed by atoms with Crippen LogP contribution in [0.15, 0.2) is 11.6 Å². The van der Waals surface area contributed by atoms with Crippen molar-refractivity contribution in [3.8, 4) is 0 Å². The molecule has 5 heteroatoms. The zero-order chi connectivity index (χ0) is 21.6. The number of carbonyl (C=O) groups excluding carboxylic acids is 2. The first-order chi connectivity index (χ1) is 13.5. The second kappa shape index (κ2) is 8.05. The van der Waals surface area contributed by atoms with E-state index in [1.54, 1.807) is 0 Å². The van der Waals surface area contributed by atoms with Crippen molar-refractivity contribution < 1.29 is 23.8 Å². The van der Waals surface area contributed by atoms with Crippen molar-refractivity contribution in [2.75, 3.05) is 0 Å². The SMILES string of the molecule is CC(=O)O[C@]1(C)CC[C@H](C(C)C)[C@@H]2[C@H]1[C@@H]1C/C(C)=C/CC[C@@](C)(OC(C)=O)[C@@H]2O1. The van der Waals surface area contributed by atoms with E-state index in [1.807, 2.05) is 6.92 Å². The average molecular weight is 407 g/mol. The molecule has 1 saturated heterocycles. The second-order valence-corrected chi connectivity index (χ2v) is 10.3. The minimum atomic E-state index is -0.688. The average Bonchev–Trinajstić information content (AvgIpc) is 2.95. The first kappa shape index (κ1) is 22.3. The van der Waals surface area contributed by atoms with Gasteiger partial charge in [-0.15, -0.1) is 0 Å². The van der Waals surface area contributed by atoms with Gasteiger partial charge in [-0.2, -0.15) is 0 Å². The maximum Gasteiger partial charge on any atom is 0.303 e. The predicted molar refractivity (Wildman–Crippen MR) is 111 cm³/mol. The molecule has 1 aliphatic carbocycles. The molecule has 0 spiro atoms. The molecular weight excluding hydrogens is 368 g/mol. The van der Waals surface area contributed by atoms with Gasteiger partial charge < -0.3 is 14.2 Å². The molecule has 1 saturated carbocycles. The van der Waals surface area contributed by atoms with Gasteiger partial charge in [0.1, 0.15) is 17.3 Å². The molecule has 5 nitrogen and oxygen atoms in total. The Labute approximate surface area is 175 Å². The highest BCUT2D eigenvalue weighted by atomic mass is 16.6. The lowest BCUT2D eigenvalue weighted by Gasteiger charge is -2.50. The summed E-state index contributed by atoms with van der Waals surface area (Å²) in [4.78, 5) is 24.0. The van der Waals surface area contributed by atoms with Crippen LogP contribution in [0, 0.1) is 23.7 Å². The second-order valence-electron chi connectivity index (χ2n) is 10.3. The minimum absolute atomic E-state index is 0.0415. The van der Waals surface area contributed by atoms with Crippen molar-refractivity contribution in [1.82, 2.24) is 0 Å². The molecule has 0 radical (unpaired) electrons. The van der Waals surface area contributed by atoms with Crippen LogP contribution in [0.3, 0.4) is 0 Å². The molecule has 0 amide bonds. The van der Waals surface area contributed by atoms with Crippen LogP contribution in [0.4, 0.5) is 0 Å². The van der Waals surface area contributed by atoms with E-state index in [4.69, 9.17) is 14.2 Å². The maximum absolute atomic E-state index is 12.0. The van der Waals surface area contributed by atoms with Gasteiger partial charge in [0, 0.05) is 25.7 Å². The van der Waals surface area contributed by atoms with Crippen LogP contribution in [-0.2, 0) is 23.8 Å². The lowest BCUT2D eigenvalue weighted by molar-refractivity contribution is -0.181. The molecule has 0 aromatic heterocycles. The fraction of sp³-hybridized carbons (Fsp3) is 0.833. The summed E-state index contributed by atoms with van der Waals surface area (Å²) in [6.45, 7) is 13.8. The smallest absolute Gasteiger partial charge is 0.303 e. The summed E-state index contributed by atoms with van der Waals surface area (Å²) in [6, 6.07) is 0. The standard InChI is InChI=1S/C24H38O5/c1-14(2)18-10-12-23(6,28-16(4)25)21-19-13-15(3)9-8-11-24(7,29-17(5)26)22(27-19)20(18)21/h9,14,18-22H,8,10-13H2,1-7H3/b15-9+/t18-,19+,20-,21-,22-,23-,24-/m1/s1. The van der Waals surface area contributed by atoms with Crippen LogP contribution in [-0.4, -0.2) is 35.3 Å². The Morgan fingerprint density at radius 2 is 1.72 bits per heavy atom. The Kier molecular flexibility index (Phi) is 6.20. The highest BCUT2D eigenvalue weighted by molar-refractivity contribution is 5.67. The molecule has 7 atom stereocenters. The fourth-order valence-corrected chi connectivity index (χ4v) is 6.44. The Morgan fingerprint density at radius 3 is 2.31 bits per heavy atom. The summed E-state index contributed by atoms with van der Waals surface area (Å²) < 4.78 is 18.7. The fourth-order valence-electron chi connectivity index (χ4n) is 6.44. The molecule has 3 aliphatic rings. The molecule has 164 valence electrons. The Hall–Kier alpha value is -1.36. The van der Waals surface area contributed by atoms with E-state index in [1.165, 1.54) is 19.4 Å². The summed E-state index contributed by atoms with van der Waals surface area (Å²) in [7, 11) is 0. The summed E-state index contributed by atoms with van der Waals surface area (Å²) in [5, 5.41) is 0. The van der Waals surface area contributed by atoms with Gasteiger partial charge in [-0.05, 0) is 64.7 Å². The first-order valence-electron chi connectivity index (χ1n) is 11.2. The first-order valence-corrected chi connectivity index (χ1v) is 11.2. The van der Waals surface area contributed by atoms with Gasteiger partial charge in [0.25, 0.3) is 0 Å². The van der Waals surface area contributed by atoms with Gasteiger partial charge in [-0.25, -0.2) is 0 Å². The van der Waals surface area contributed by atoms with Crippen LogP contribution in [0.1, 0.15) is 80.6 Å². The highest BCUT2D eigenvalue weighted by Gasteiger charge is 2.63. The number of esters is 2. The third-order valence-corrected chi connectivity index (χ3v) is 7.53.